The Morgan fingerprint density at radius 1 is 1.22 bits per heavy atom. The topological polar surface area (TPSA) is 94.3 Å². The average Bonchev–Trinajstić information content (AvgIpc) is 3.41. The quantitative estimate of drug-likeness (QED) is 0.689. The van der Waals surface area contributed by atoms with E-state index in [2.05, 4.69) is 5.16 Å². The Balaban J connectivity index is 1.33. The highest BCUT2D eigenvalue weighted by Crippen LogP contribution is 2.27. The summed E-state index contributed by atoms with van der Waals surface area (Å²) >= 11 is 0. The summed E-state index contributed by atoms with van der Waals surface area (Å²) in [5.41, 5.74) is 2.49. The molecule has 1 unspecified atom stereocenters. The molecule has 1 aromatic carbocycles. The molecule has 0 radical (unpaired) electrons. The van der Waals surface area contributed by atoms with E-state index in [0.29, 0.717) is 25.5 Å². The van der Waals surface area contributed by atoms with Gasteiger partial charge in [-0.05, 0) is 55.6 Å². The van der Waals surface area contributed by atoms with Crippen LogP contribution in [0.1, 0.15) is 32.8 Å². The standard InChI is InChI=1S/C23H27N3O6/c1-23(2,3)32-21(27)25-11-8-17(9-12-25)16-4-6-18(7-5-16)26-14-19(31-22(26)28)15-29-20-10-13-30-24-20/h4-8,10,13,19H,9,11-12,14-15H2,1-3H3. The Kier molecular flexibility index (Phi) is 6.07. The molecule has 0 N–H and O–H groups in total. The number of benzene rings is 1. The maximum atomic E-state index is 12.3. The van der Waals surface area contributed by atoms with Crippen LogP contribution in [0.15, 0.2) is 47.2 Å². The van der Waals surface area contributed by atoms with Crippen LogP contribution >= 0.6 is 0 Å². The molecule has 2 aliphatic rings. The predicted molar refractivity (Wildman–Crippen MR) is 116 cm³/mol. The van der Waals surface area contributed by atoms with Gasteiger partial charge < -0.3 is 23.6 Å². The van der Waals surface area contributed by atoms with Gasteiger partial charge in [0, 0.05) is 24.8 Å². The van der Waals surface area contributed by atoms with Gasteiger partial charge in [0.2, 0.25) is 0 Å². The molecule has 9 heteroatoms. The number of amides is 2. The van der Waals surface area contributed by atoms with E-state index in [0.717, 1.165) is 17.7 Å². The van der Waals surface area contributed by atoms with Crippen LogP contribution in [-0.2, 0) is 9.47 Å². The van der Waals surface area contributed by atoms with Gasteiger partial charge in [-0.3, -0.25) is 4.90 Å². The molecular weight excluding hydrogens is 414 g/mol. The largest absolute Gasteiger partial charge is 0.471 e. The van der Waals surface area contributed by atoms with Gasteiger partial charge in [0.1, 0.15) is 18.5 Å². The molecule has 2 aliphatic heterocycles. The summed E-state index contributed by atoms with van der Waals surface area (Å²) < 4.78 is 21.0. The van der Waals surface area contributed by atoms with Crippen molar-refractivity contribution in [1.29, 1.82) is 0 Å². The minimum atomic E-state index is -0.505. The Hall–Kier alpha value is -3.49. The van der Waals surface area contributed by atoms with E-state index in [1.54, 1.807) is 15.9 Å². The van der Waals surface area contributed by atoms with Crippen LogP contribution in [0.25, 0.3) is 5.57 Å². The number of cyclic esters (lactones) is 1. The summed E-state index contributed by atoms with van der Waals surface area (Å²) in [5, 5.41) is 3.67. The van der Waals surface area contributed by atoms with Gasteiger partial charge in [-0.1, -0.05) is 18.2 Å². The molecule has 3 heterocycles. The summed E-state index contributed by atoms with van der Waals surface area (Å²) in [6, 6.07) is 9.37. The van der Waals surface area contributed by atoms with Gasteiger partial charge in [0.05, 0.1) is 6.54 Å². The molecule has 9 nitrogen and oxygen atoms in total. The zero-order valence-electron chi connectivity index (χ0n) is 18.4. The summed E-state index contributed by atoms with van der Waals surface area (Å²) in [4.78, 5) is 27.8. The van der Waals surface area contributed by atoms with Gasteiger partial charge >= 0.3 is 12.2 Å². The SMILES string of the molecule is CC(C)(C)OC(=O)N1CC=C(c2ccc(N3CC(COc4ccon4)OC3=O)cc2)CC1. The third kappa shape index (κ3) is 5.22. The van der Waals surface area contributed by atoms with E-state index in [4.69, 9.17) is 18.7 Å². The molecule has 32 heavy (non-hydrogen) atoms. The molecule has 0 spiro atoms. The zero-order valence-corrected chi connectivity index (χ0v) is 18.4. The van der Waals surface area contributed by atoms with Crippen molar-refractivity contribution in [2.75, 3.05) is 31.1 Å². The van der Waals surface area contributed by atoms with Crippen molar-refractivity contribution in [3.8, 4) is 5.88 Å². The zero-order chi connectivity index (χ0) is 22.7. The van der Waals surface area contributed by atoms with Crippen molar-refractivity contribution in [3.63, 3.8) is 0 Å². The van der Waals surface area contributed by atoms with E-state index in [-0.39, 0.29) is 12.7 Å². The van der Waals surface area contributed by atoms with Crippen LogP contribution in [0.5, 0.6) is 5.88 Å². The van der Waals surface area contributed by atoms with Gasteiger partial charge in [-0.15, -0.1) is 0 Å². The number of rotatable bonds is 5. The lowest BCUT2D eigenvalue weighted by atomic mass is 9.99. The van der Waals surface area contributed by atoms with E-state index in [1.165, 1.54) is 11.8 Å². The maximum Gasteiger partial charge on any atom is 0.414 e. The van der Waals surface area contributed by atoms with Gasteiger partial charge in [-0.2, -0.15) is 0 Å². The number of aromatic nitrogens is 1. The molecule has 0 aliphatic carbocycles. The second-order valence-electron chi connectivity index (χ2n) is 8.72. The second kappa shape index (κ2) is 8.94. The minimum Gasteiger partial charge on any atom is -0.471 e. The van der Waals surface area contributed by atoms with Crippen molar-refractivity contribution in [3.05, 3.63) is 48.2 Å². The minimum absolute atomic E-state index is 0.202. The molecule has 1 saturated heterocycles. The van der Waals surface area contributed by atoms with Crippen LogP contribution in [0.3, 0.4) is 0 Å². The number of anilines is 1. The molecule has 2 amide bonds. The van der Waals surface area contributed by atoms with Crippen LogP contribution in [-0.4, -0.2) is 60.2 Å². The molecule has 1 atom stereocenters. The molecule has 0 saturated carbocycles. The van der Waals surface area contributed by atoms with Gasteiger partial charge in [-0.25, -0.2) is 9.59 Å². The second-order valence-corrected chi connectivity index (χ2v) is 8.72. The highest BCUT2D eigenvalue weighted by atomic mass is 16.6. The Morgan fingerprint density at radius 3 is 2.62 bits per heavy atom. The molecule has 1 aromatic heterocycles. The fourth-order valence-corrected chi connectivity index (χ4v) is 3.55. The average molecular weight is 441 g/mol. The number of carbonyl (C=O) groups is 2. The van der Waals surface area contributed by atoms with Crippen LogP contribution in [0.2, 0.25) is 0 Å². The smallest absolute Gasteiger partial charge is 0.414 e. The molecule has 4 rings (SSSR count). The van der Waals surface area contributed by atoms with Crippen LogP contribution < -0.4 is 9.64 Å². The fraction of sp³-hybridized carbons (Fsp3) is 0.435. The van der Waals surface area contributed by atoms with Gasteiger partial charge in [0.15, 0.2) is 6.10 Å². The first-order valence-corrected chi connectivity index (χ1v) is 10.6. The van der Waals surface area contributed by atoms with Gasteiger partial charge in [0.25, 0.3) is 5.88 Å². The number of carbonyl (C=O) groups excluding carboxylic acids is 2. The Bertz CT molecular complexity index is 978. The van der Waals surface area contributed by atoms with Crippen molar-refractivity contribution in [2.45, 2.75) is 38.9 Å². The molecule has 0 bridgehead atoms. The third-order valence-electron chi connectivity index (χ3n) is 5.12. The number of ether oxygens (including phenoxy) is 3. The summed E-state index contributed by atoms with van der Waals surface area (Å²) in [5.74, 6) is 0.356. The van der Waals surface area contributed by atoms with Crippen LogP contribution in [0, 0.1) is 0 Å². The lowest BCUT2D eigenvalue weighted by Gasteiger charge is -2.29. The first-order valence-electron chi connectivity index (χ1n) is 10.6. The van der Waals surface area contributed by atoms with E-state index in [9.17, 15) is 9.59 Å². The molecule has 1 fully saturated rings. The first-order chi connectivity index (χ1) is 15.3. The normalized spacial score (nSPS) is 18.9. The van der Waals surface area contributed by atoms with E-state index in [1.807, 2.05) is 51.1 Å². The van der Waals surface area contributed by atoms with Crippen molar-refractivity contribution in [1.82, 2.24) is 10.1 Å². The third-order valence-corrected chi connectivity index (χ3v) is 5.12. The van der Waals surface area contributed by atoms with Crippen LogP contribution in [0.4, 0.5) is 15.3 Å². The first kappa shape index (κ1) is 21.7. The lowest BCUT2D eigenvalue weighted by molar-refractivity contribution is 0.0270. The highest BCUT2D eigenvalue weighted by Gasteiger charge is 2.33. The predicted octanol–water partition coefficient (Wildman–Crippen LogP) is 4.10. The summed E-state index contributed by atoms with van der Waals surface area (Å²) in [7, 11) is 0. The fourth-order valence-electron chi connectivity index (χ4n) is 3.55. The maximum absolute atomic E-state index is 12.3. The lowest BCUT2D eigenvalue weighted by Crippen LogP contribution is -2.39. The van der Waals surface area contributed by atoms with E-state index < -0.39 is 17.8 Å². The number of hydrogen-bond donors (Lipinski definition) is 0. The monoisotopic (exact) mass is 441 g/mol. The highest BCUT2D eigenvalue weighted by molar-refractivity contribution is 5.90. The molecule has 170 valence electrons. The van der Waals surface area contributed by atoms with Crippen molar-refractivity contribution < 1.29 is 28.3 Å². The molecule has 2 aromatic rings. The number of hydrogen-bond acceptors (Lipinski definition) is 7. The Morgan fingerprint density at radius 2 is 2.00 bits per heavy atom. The van der Waals surface area contributed by atoms with Crippen molar-refractivity contribution >= 4 is 23.4 Å². The molecular formula is C23H27N3O6. The van der Waals surface area contributed by atoms with E-state index >= 15 is 0 Å². The summed E-state index contributed by atoms with van der Waals surface area (Å²) in [6.07, 6.45) is 3.11. The number of nitrogens with zero attached hydrogens (tertiary/aromatic N) is 3. The summed E-state index contributed by atoms with van der Waals surface area (Å²) in [6.45, 7) is 7.29. The van der Waals surface area contributed by atoms with Crippen molar-refractivity contribution in [2.24, 2.45) is 0 Å². The Labute approximate surface area is 186 Å².